The third kappa shape index (κ3) is 7.27. The molecule has 1 amide bonds. The van der Waals surface area contributed by atoms with Gasteiger partial charge in [-0.3, -0.25) is 0 Å². The summed E-state index contributed by atoms with van der Waals surface area (Å²) in [6.45, 7) is 5.65. The lowest BCUT2D eigenvalue weighted by Gasteiger charge is -2.37. The molecule has 0 spiro atoms. The molecule has 1 saturated heterocycles. The fourth-order valence-electron chi connectivity index (χ4n) is 3.85. The number of carbonyl (C=O) groups is 1. The average molecular weight is 499 g/mol. The summed E-state index contributed by atoms with van der Waals surface area (Å²) in [7, 11) is 2.01. The first-order valence-corrected chi connectivity index (χ1v) is 11.6. The maximum atomic E-state index is 13.1. The van der Waals surface area contributed by atoms with Crippen molar-refractivity contribution in [1.29, 1.82) is 0 Å². The van der Waals surface area contributed by atoms with Crippen molar-refractivity contribution in [1.82, 2.24) is 9.80 Å². The van der Waals surface area contributed by atoms with E-state index in [1.807, 2.05) is 45.2 Å². The van der Waals surface area contributed by atoms with E-state index in [4.69, 9.17) is 21.1 Å². The highest BCUT2D eigenvalue weighted by Gasteiger charge is 2.32. The number of nitrogens with zero attached hydrogens (tertiary/aromatic N) is 2. The molecule has 0 N–H and O–H groups in total. The molecule has 0 unspecified atom stereocenters. The average Bonchev–Trinajstić information content (AvgIpc) is 2.77. The largest absolute Gasteiger partial charge is 0.491 e. The maximum absolute atomic E-state index is 13.1. The molecular formula is C25H30ClF3N2O3. The van der Waals surface area contributed by atoms with E-state index in [2.05, 4.69) is 4.90 Å². The number of benzene rings is 2. The number of hydrogen-bond donors (Lipinski definition) is 0. The van der Waals surface area contributed by atoms with Crippen LogP contribution >= 0.6 is 11.6 Å². The molecule has 34 heavy (non-hydrogen) atoms. The molecule has 1 aliphatic rings. The fourth-order valence-corrected chi connectivity index (χ4v) is 4.09. The molecule has 2 aromatic carbocycles. The Labute approximate surface area is 203 Å². The van der Waals surface area contributed by atoms with Crippen LogP contribution in [0, 0.1) is 0 Å². The number of likely N-dealkylation sites (tertiary alicyclic amines) is 1. The summed E-state index contributed by atoms with van der Waals surface area (Å²) in [5.41, 5.74) is 0.431. The monoisotopic (exact) mass is 498 g/mol. The molecule has 2 aromatic rings. The molecule has 0 atom stereocenters. The first kappa shape index (κ1) is 26.2. The van der Waals surface area contributed by atoms with Crippen LogP contribution in [0.15, 0.2) is 42.5 Å². The van der Waals surface area contributed by atoms with Crippen LogP contribution in [0.5, 0.6) is 5.75 Å². The van der Waals surface area contributed by atoms with Crippen LogP contribution < -0.4 is 4.74 Å². The number of ether oxygens (including phenoxy) is 2. The molecule has 1 aliphatic heterocycles. The number of carbonyl (C=O) groups excluding carboxylic acids is 1. The van der Waals surface area contributed by atoms with Crippen molar-refractivity contribution in [3.05, 3.63) is 64.2 Å². The maximum Gasteiger partial charge on any atom is 0.416 e. The first-order valence-electron chi connectivity index (χ1n) is 11.3. The van der Waals surface area contributed by atoms with Gasteiger partial charge in [-0.05, 0) is 82.2 Å². The van der Waals surface area contributed by atoms with Gasteiger partial charge >= 0.3 is 12.3 Å². The Hall–Kier alpha value is -2.45. The predicted octanol–water partition coefficient (Wildman–Crippen LogP) is 6.38. The van der Waals surface area contributed by atoms with Crippen molar-refractivity contribution in [3.63, 3.8) is 0 Å². The van der Waals surface area contributed by atoms with E-state index in [-0.39, 0.29) is 30.3 Å². The lowest BCUT2D eigenvalue weighted by atomic mass is 10.0. The molecule has 1 fully saturated rings. The van der Waals surface area contributed by atoms with Crippen LogP contribution in [-0.4, -0.2) is 48.2 Å². The van der Waals surface area contributed by atoms with E-state index in [0.717, 1.165) is 49.4 Å². The van der Waals surface area contributed by atoms with Crippen molar-refractivity contribution in [3.8, 4) is 5.75 Å². The summed E-state index contributed by atoms with van der Waals surface area (Å²) in [4.78, 5) is 16.8. The molecule has 0 radical (unpaired) electrons. The minimum Gasteiger partial charge on any atom is -0.491 e. The highest BCUT2D eigenvalue weighted by molar-refractivity contribution is 6.31. The second-order valence-electron chi connectivity index (χ2n) is 8.83. The van der Waals surface area contributed by atoms with Crippen LogP contribution in [0.3, 0.4) is 0 Å². The quantitative estimate of drug-likeness (QED) is 0.444. The van der Waals surface area contributed by atoms with E-state index in [0.29, 0.717) is 5.56 Å². The molecule has 0 aliphatic carbocycles. The zero-order valence-electron chi connectivity index (χ0n) is 19.6. The topological polar surface area (TPSA) is 42.0 Å². The van der Waals surface area contributed by atoms with E-state index in [1.165, 1.54) is 6.07 Å². The Balaban J connectivity index is 1.72. The third-order valence-corrected chi connectivity index (χ3v) is 6.09. The van der Waals surface area contributed by atoms with Crippen molar-refractivity contribution in [2.24, 2.45) is 0 Å². The normalized spacial score (nSPS) is 15.4. The van der Waals surface area contributed by atoms with Gasteiger partial charge in [0, 0.05) is 11.1 Å². The molecule has 0 aromatic heterocycles. The molecule has 0 bridgehead atoms. The van der Waals surface area contributed by atoms with Crippen LogP contribution in [0.2, 0.25) is 5.02 Å². The van der Waals surface area contributed by atoms with Gasteiger partial charge in [0.15, 0.2) is 0 Å². The standard InChI is InChI=1S/C25H30ClF3N2O3/c1-17(2)34-22-8-4-18(5-9-22)16-33-24(32)31(21-10-12-30(3)13-11-21)15-19-6-7-20(14-23(19)26)25(27,28)29/h4-9,14,17,21H,10-13,15-16H2,1-3H3. The summed E-state index contributed by atoms with van der Waals surface area (Å²) in [5.74, 6) is 0.731. The van der Waals surface area contributed by atoms with Crippen molar-refractivity contribution in [2.45, 2.75) is 58.2 Å². The summed E-state index contributed by atoms with van der Waals surface area (Å²) < 4.78 is 50.2. The van der Waals surface area contributed by atoms with Gasteiger partial charge in [0.2, 0.25) is 0 Å². The molecule has 0 saturated carbocycles. The Morgan fingerprint density at radius 3 is 2.35 bits per heavy atom. The minimum atomic E-state index is -4.48. The molecule has 9 heteroatoms. The van der Waals surface area contributed by atoms with Gasteiger partial charge < -0.3 is 19.3 Å². The van der Waals surface area contributed by atoms with Crippen molar-refractivity contribution in [2.75, 3.05) is 20.1 Å². The number of piperidine rings is 1. The Bertz CT molecular complexity index is 959. The van der Waals surface area contributed by atoms with Crippen LogP contribution in [0.25, 0.3) is 0 Å². The Morgan fingerprint density at radius 2 is 1.79 bits per heavy atom. The highest BCUT2D eigenvalue weighted by atomic mass is 35.5. The van der Waals surface area contributed by atoms with Crippen molar-refractivity contribution >= 4 is 17.7 Å². The molecule has 186 valence electrons. The minimum absolute atomic E-state index is 0.0266. The first-order chi connectivity index (χ1) is 16.0. The van der Waals surface area contributed by atoms with Gasteiger partial charge in [-0.25, -0.2) is 4.79 Å². The van der Waals surface area contributed by atoms with Gasteiger partial charge in [0.1, 0.15) is 12.4 Å². The lowest BCUT2D eigenvalue weighted by molar-refractivity contribution is -0.137. The number of amides is 1. The van der Waals surface area contributed by atoms with Crippen LogP contribution in [-0.2, 0) is 24.1 Å². The van der Waals surface area contributed by atoms with E-state index >= 15 is 0 Å². The van der Waals surface area contributed by atoms with E-state index in [1.54, 1.807) is 4.90 Å². The zero-order chi connectivity index (χ0) is 24.9. The number of rotatable bonds is 7. The number of alkyl halides is 3. The number of halogens is 4. The zero-order valence-corrected chi connectivity index (χ0v) is 20.3. The molecular weight excluding hydrogens is 469 g/mol. The summed E-state index contributed by atoms with van der Waals surface area (Å²) >= 11 is 6.17. The highest BCUT2D eigenvalue weighted by Crippen LogP contribution is 2.33. The van der Waals surface area contributed by atoms with Gasteiger partial charge in [0.05, 0.1) is 18.2 Å². The Kier molecular flexibility index (Phi) is 8.71. The van der Waals surface area contributed by atoms with Crippen LogP contribution in [0.1, 0.15) is 43.4 Å². The summed E-state index contributed by atoms with van der Waals surface area (Å²) in [6, 6.07) is 10.4. The van der Waals surface area contributed by atoms with Gasteiger partial charge in [0.25, 0.3) is 0 Å². The van der Waals surface area contributed by atoms with Gasteiger partial charge in [-0.1, -0.05) is 29.8 Å². The van der Waals surface area contributed by atoms with Gasteiger partial charge in [-0.15, -0.1) is 0 Å². The Morgan fingerprint density at radius 1 is 1.15 bits per heavy atom. The van der Waals surface area contributed by atoms with Crippen LogP contribution in [0.4, 0.5) is 18.0 Å². The van der Waals surface area contributed by atoms with E-state index < -0.39 is 17.8 Å². The van der Waals surface area contributed by atoms with Crippen molar-refractivity contribution < 1.29 is 27.4 Å². The predicted molar refractivity (Wildman–Crippen MR) is 125 cm³/mol. The van der Waals surface area contributed by atoms with Gasteiger partial charge in [-0.2, -0.15) is 13.2 Å². The number of hydrogen-bond acceptors (Lipinski definition) is 4. The SMILES string of the molecule is CC(C)Oc1ccc(COC(=O)N(Cc2ccc(C(F)(F)F)cc2Cl)C2CCN(C)CC2)cc1. The second kappa shape index (κ2) is 11.3. The molecule has 3 rings (SSSR count). The summed E-state index contributed by atoms with van der Waals surface area (Å²) in [6.07, 6.45) is -3.46. The molecule has 5 nitrogen and oxygen atoms in total. The lowest BCUT2D eigenvalue weighted by Crippen LogP contribution is -2.46. The fraction of sp³-hybridized carbons (Fsp3) is 0.480. The van der Waals surface area contributed by atoms with E-state index in [9.17, 15) is 18.0 Å². The smallest absolute Gasteiger partial charge is 0.416 e. The third-order valence-electron chi connectivity index (χ3n) is 5.74. The molecule has 1 heterocycles. The summed E-state index contributed by atoms with van der Waals surface area (Å²) in [5, 5.41) is -0.0266. The second-order valence-corrected chi connectivity index (χ2v) is 9.24.